The van der Waals surface area contributed by atoms with Crippen molar-refractivity contribution in [3.8, 4) is 0 Å². The number of aliphatic hydroxyl groups is 1. The number of allylic oxidation sites excluding steroid dienone is 12. The topological polar surface area (TPSA) is 122 Å². The van der Waals surface area contributed by atoms with Crippen LogP contribution in [0.15, 0.2) is 118 Å². The minimum atomic E-state index is -0.818. The number of aliphatic imine (C=N–C) groups is 3. The van der Waals surface area contributed by atoms with Crippen LogP contribution in [0.5, 0.6) is 0 Å². The summed E-state index contributed by atoms with van der Waals surface area (Å²) in [4.78, 5) is 27.1. The van der Waals surface area contributed by atoms with Gasteiger partial charge in [-0.3, -0.25) is 9.80 Å². The van der Waals surface area contributed by atoms with E-state index in [1.54, 1.807) is 0 Å². The van der Waals surface area contributed by atoms with Crippen molar-refractivity contribution in [2.45, 2.75) is 67.2 Å². The molecule has 0 radical (unpaired) electrons. The Morgan fingerprint density at radius 3 is 2.48 bits per heavy atom. The zero-order valence-electron chi connectivity index (χ0n) is 26.1. The largest absolute Gasteiger partial charge is 0.511 e. The molecule has 0 saturated carbocycles. The molecule has 44 heavy (non-hydrogen) atoms. The molecule has 7 rings (SSSR count). The number of aliphatic carboxylic acids is 1. The van der Waals surface area contributed by atoms with E-state index in [1.807, 2.05) is 13.0 Å². The molecular formula is C35H38N6O3. The highest BCUT2D eigenvalue weighted by molar-refractivity contribution is 6.21. The first kappa shape index (κ1) is 28.3. The summed E-state index contributed by atoms with van der Waals surface area (Å²) in [7, 11) is 0. The number of carboxylic acids is 1. The summed E-state index contributed by atoms with van der Waals surface area (Å²) in [5.41, 5.74) is 18.5. The van der Waals surface area contributed by atoms with Crippen LogP contribution < -0.4 is 10.7 Å². The molecule has 0 unspecified atom stereocenters. The fraction of sp³-hybridized carbons (Fsp3) is 0.371. The average Bonchev–Trinajstić information content (AvgIpc) is 3.79. The molecule has 6 aliphatic heterocycles. The van der Waals surface area contributed by atoms with Crippen LogP contribution in [0.4, 0.5) is 0 Å². The van der Waals surface area contributed by atoms with Gasteiger partial charge in [0.05, 0.1) is 39.9 Å². The van der Waals surface area contributed by atoms with E-state index in [-0.39, 0.29) is 18.3 Å². The Morgan fingerprint density at radius 2 is 1.77 bits per heavy atom. The lowest BCUT2D eigenvalue weighted by Crippen LogP contribution is -2.31. The van der Waals surface area contributed by atoms with E-state index >= 15 is 0 Å². The van der Waals surface area contributed by atoms with Gasteiger partial charge in [0, 0.05) is 65.0 Å². The van der Waals surface area contributed by atoms with Crippen LogP contribution in [0.3, 0.4) is 0 Å². The maximum atomic E-state index is 11.7. The highest BCUT2D eigenvalue weighted by Gasteiger charge is 2.41. The quantitative estimate of drug-likeness (QED) is 0.302. The number of rotatable bonds is 5. The number of hydrogen-bond donors (Lipinski definition) is 4. The van der Waals surface area contributed by atoms with E-state index in [4.69, 9.17) is 15.0 Å². The van der Waals surface area contributed by atoms with Crippen LogP contribution in [-0.4, -0.2) is 44.9 Å². The average molecular weight is 591 g/mol. The Labute approximate surface area is 257 Å². The highest BCUT2D eigenvalue weighted by atomic mass is 16.4. The van der Waals surface area contributed by atoms with Crippen LogP contribution in [0, 0.1) is 11.8 Å². The van der Waals surface area contributed by atoms with Gasteiger partial charge >= 0.3 is 5.97 Å². The lowest BCUT2D eigenvalue weighted by Gasteiger charge is -2.23. The van der Waals surface area contributed by atoms with Crippen molar-refractivity contribution in [3.05, 3.63) is 103 Å². The lowest BCUT2D eigenvalue weighted by molar-refractivity contribution is -0.137. The Bertz CT molecular complexity index is 1830. The third-order valence-corrected chi connectivity index (χ3v) is 9.91. The Balaban J connectivity index is 1.47. The molecule has 6 heterocycles. The number of nitrogens with one attached hydrogen (secondary N) is 2. The zero-order chi connectivity index (χ0) is 31.0. The first-order valence-corrected chi connectivity index (χ1v) is 15.5. The van der Waals surface area contributed by atoms with Crippen molar-refractivity contribution < 1.29 is 15.0 Å². The SMILES string of the molecule is CCC1=C(C)C2=NC1=CC1=C(C)C3=C(O)CC(=C4NC(=CC5=NC(=C2)C(N2NCC=C2C)=C5C)[C@@H](C)[C@@H]4CCC(=O)O)C3=N1. The molecule has 0 aromatic rings. The summed E-state index contributed by atoms with van der Waals surface area (Å²) in [5.74, 6) is -0.558. The van der Waals surface area contributed by atoms with Gasteiger partial charge in [-0.15, -0.1) is 0 Å². The summed E-state index contributed by atoms with van der Waals surface area (Å²) in [5, 5.41) is 26.6. The molecule has 0 spiro atoms. The maximum absolute atomic E-state index is 11.7. The Hall–Kier alpha value is -4.50. The predicted octanol–water partition coefficient (Wildman–Crippen LogP) is 6.20. The van der Waals surface area contributed by atoms with E-state index in [0.29, 0.717) is 18.6 Å². The second kappa shape index (κ2) is 10.3. The minimum absolute atomic E-state index is 0.0209. The van der Waals surface area contributed by atoms with Gasteiger partial charge in [0.2, 0.25) is 0 Å². The molecule has 8 bridgehead atoms. The molecule has 2 atom stereocenters. The van der Waals surface area contributed by atoms with Gasteiger partial charge in [0.1, 0.15) is 5.76 Å². The molecule has 0 aromatic heterocycles. The second-order valence-electron chi connectivity index (χ2n) is 12.4. The van der Waals surface area contributed by atoms with Crippen LogP contribution in [0.25, 0.3) is 0 Å². The third-order valence-electron chi connectivity index (χ3n) is 9.91. The molecule has 4 N–H and O–H groups in total. The fourth-order valence-electron chi connectivity index (χ4n) is 7.41. The van der Waals surface area contributed by atoms with Gasteiger partial charge in [-0.05, 0) is 81.6 Å². The van der Waals surface area contributed by atoms with E-state index < -0.39 is 5.97 Å². The number of fused-ring (bicyclic) bond motifs is 5. The van der Waals surface area contributed by atoms with Crippen LogP contribution in [0.2, 0.25) is 0 Å². The number of aliphatic hydroxyl groups excluding tert-OH is 1. The molecular weight excluding hydrogens is 552 g/mol. The van der Waals surface area contributed by atoms with E-state index in [1.165, 1.54) is 5.57 Å². The number of hydrogen-bond acceptors (Lipinski definition) is 8. The second-order valence-corrected chi connectivity index (χ2v) is 12.4. The highest BCUT2D eigenvalue weighted by Crippen LogP contribution is 2.46. The summed E-state index contributed by atoms with van der Waals surface area (Å²) in [6, 6.07) is 0. The smallest absolute Gasteiger partial charge is 0.303 e. The third kappa shape index (κ3) is 4.24. The van der Waals surface area contributed by atoms with Gasteiger partial charge in [-0.1, -0.05) is 13.8 Å². The number of carbonyl (C=O) groups is 1. The normalized spacial score (nSPS) is 26.0. The predicted molar refractivity (Wildman–Crippen MR) is 173 cm³/mol. The van der Waals surface area contributed by atoms with Crippen molar-refractivity contribution in [3.63, 3.8) is 0 Å². The van der Waals surface area contributed by atoms with Crippen LogP contribution in [0.1, 0.15) is 67.2 Å². The fourth-order valence-corrected chi connectivity index (χ4v) is 7.41. The number of nitrogens with zero attached hydrogens (tertiary/aromatic N) is 4. The van der Waals surface area contributed by atoms with Crippen molar-refractivity contribution in [2.24, 2.45) is 26.8 Å². The zero-order valence-corrected chi connectivity index (χ0v) is 26.1. The lowest BCUT2D eigenvalue weighted by atomic mass is 9.86. The summed E-state index contributed by atoms with van der Waals surface area (Å²) in [6.45, 7) is 13.4. The van der Waals surface area contributed by atoms with Gasteiger partial charge in [-0.2, -0.15) is 0 Å². The number of hydrazine groups is 1. The van der Waals surface area contributed by atoms with Crippen LogP contribution in [-0.2, 0) is 4.79 Å². The summed E-state index contributed by atoms with van der Waals surface area (Å²) < 4.78 is 0. The molecule has 1 aliphatic carbocycles. The van der Waals surface area contributed by atoms with Crippen molar-refractivity contribution in [1.82, 2.24) is 15.8 Å². The first-order chi connectivity index (χ1) is 21.1. The van der Waals surface area contributed by atoms with Crippen molar-refractivity contribution >= 4 is 23.1 Å². The molecule has 7 aliphatic rings. The minimum Gasteiger partial charge on any atom is -0.511 e. The van der Waals surface area contributed by atoms with E-state index in [9.17, 15) is 15.0 Å². The molecule has 226 valence electrons. The maximum Gasteiger partial charge on any atom is 0.303 e. The van der Waals surface area contributed by atoms with Gasteiger partial charge in [-0.25, -0.2) is 20.4 Å². The van der Waals surface area contributed by atoms with E-state index in [0.717, 1.165) is 97.8 Å². The van der Waals surface area contributed by atoms with Gasteiger partial charge in [0.25, 0.3) is 0 Å². The number of carboxylic acid groups (broad SMARTS) is 1. The molecule has 1 fully saturated rings. The first-order valence-electron chi connectivity index (χ1n) is 15.5. The Kier molecular flexibility index (Phi) is 6.62. The summed E-state index contributed by atoms with van der Waals surface area (Å²) in [6.07, 6.45) is 10.1. The molecule has 0 aromatic carbocycles. The Morgan fingerprint density at radius 1 is 1.02 bits per heavy atom. The van der Waals surface area contributed by atoms with Gasteiger partial charge in [0.15, 0.2) is 0 Å². The molecule has 9 nitrogen and oxygen atoms in total. The van der Waals surface area contributed by atoms with E-state index in [2.05, 4.69) is 68.6 Å². The standard InChI is InChI=1S/C35H38N6O3/c1-7-21-17(3)24-15-29-35(41-16(2)10-11-36-41)20(6)27(38-29)13-25-18(4)22(8-9-31(43)44)33(39-25)23-12-30(42)32-19(5)26(40-34(23)32)14-28(21)37-24/h10,13-15,18,22,36,39,42H,7-9,11-12H2,1-6H3,(H,43,44)/t18-,22-/m0/s1. The molecule has 9 heteroatoms. The molecule has 0 amide bonds. The summed E-state index contributed by atoms with van der Waals surface area (Å²) >= 11 is 0. The van der Waals surface area contributed by atoms with Crippen molar-refractivity contribution in [1.29, 1.82) is 0 Å². The van der Waals surface area contributed by atoms with Gasteiger partial charge < -0.3 is 15.5 Å². The monoisotopic (exact) mass is 590 g/mol. The van der Waals surface area contributed by atoms with Crippen LogP contribution >= 0.6 is 0 Å². The van der Waals surface area contributed by atoms with Crippen molar-refractivity contribution in [2.75, 3.05) is 6.54 Å². The molecule has 1 saturated heterocycles.